The minimum absolute atomic E-state index is 0.129. The van der Waals surface area contributed by atoms with Crippen LogP contribution in [0.15, 0.2) is 30.3 Å². The molecule has 1 fully saturated rings. The highest BCUT2D eigenvalue weighted by Gasteiger charge is 2.09. The number of benzene rings is 1. The van der Waals surface area contributed by atoms with Crippen LogP contribution >= 0.6 is 0 Å². The molecular weight excluding hydrogens is 236 g/mol. The van der Waals surface area contributed by atoms with Gasteiger partial charge in [0, 0.05) is 6.54 Å². The lowest BCUT2D eigenvalue weighted by Crippen LogP contribution is -2.33. The van der Waals surface area contributed by atoms with E-state index in [1.165, 1.54) is 32.4 Å². The summed E-state index contributed by atoms with van der Waals surface area (Å²) in [7, 11) is 0. The molecule has 1 aromatic rings. The predicted molar refractivity (Wildman–Crippen MR) is 78.1 cm³/mol. The molecule has 1 aromatic carbocycles. The number of hydrogen-bond acceptors (Lipinski definition) is 2. The maximum Gasteiger partial charge on any atom is 0.224 e. The molecule has 104 valence electrons. The van der Waals surface area contributed by atoms with Crippen molar-refractivity contribution in [1.82, 2.24) is 10.2 Å². The molecule has 0 atom stereocenters. The van der Waals surface area contributed by atoms with E-state index in [1.54, 1.807) is 0 Å². The van der Waals surface area contributed by atoms with Crippen LogP contribution in [0.5, 0.6) is 0 Å². The molecule has 3 heteroatoms. The Morgan fingerprint density at radius 1 is 1.11 bits per heavy atom. The van der Waals surface area contributed by atoms with Crippen LogP contribution in [0.25, 0.3) is 0 Å². The summed E-state index contributed by atoms with van der Waals surface area (Å²) in [5.41, 5.74) is 1.08. The first kappa shape index (κ1) is 14.1. The third-order valence-electron chi connectivity index (χ3n) is 3.63. The van der Waals surface area contributed by atoms with E-state index in [0.717, 1.165) is 25.1 Å². The molecule has 1 aliphatic rings. The zero-order chi connectivity index (χ0) is 13.3. The largest absolute Gasteiger partial charge is 0.356 e. The van der Waals surface area contributed by atoms with Gasteiger partial charge in [-0.15, -0.1) is 0 Å². The van der Waals surface area contributed by atoms with Gasteiger partial charge in [-0.25, -0.2) is 0 Å². The minimum atomic E-state index is 0.129. The number of piperidine rings is 1. The number of carbonyl (C=O) groups is 1. The first-order chi connectivity index (χ1) is 9.34. The van der Waals surface area contributed by atoms with Crippen LogP contribution in [0, 0.1) is 0 Å². The van der Waals surface area contributed by atoms with Gasteiger partial charge >= 0.3 is 0 Å². The smallest absolute Gasteiger partial charge is 0.224 e. The number of amides is 1. The van der Waals surface area contributed by atoms with E-state index in [1.807, 2.05) is 30.3 Å². The first-order valence-corrected chi connectivity index (χ1v) is 7.37. The lowest BCUT2D eigenvalue weighted by atomic mass is 10.1. The van der Waals surface area contributed by atoms with Crippen molar-refractivity contribution >= 4 is 5.91 Å². The quantitative estimate of drug-likeness (QED) is 0.795. The molecule has 0 bridgehead atoms. The molecular formula is C16H24N2O. The van der Waals surface area contributed by atoms with Gasteiger partial charge in [0.25, 0.3) is 0 Å². The summed E-state index contributed by atoms with van der Waals surface area (Å²) >= 11 is 0. The fourth-order valence-corrected chi connectivity index (χ4v) is 2.56. The molecule has 3 nitrogen and oxygen atoms in total. The monoisotopic (exact) mass is 260 g/mol. The second-order valence-corrected chi connectivity index (χ2v) is 5.27. The molecule has 1 saturated heterocycles. The molecule has 1 N–H and O–H groups in total. The third-order valence-corrected chi connectivity index (χ3v) is 3.63. The lowest BCUT2D eigenvalue weighted by Gasteiger charge is -2.26. The van der Waals surface area contributed by atoms with Crippen LogP contribution < -0.4 is 5.32 Å². The van der Waals surface area contributed by atoms with Crippen molar-refractivity contribution in [1.29, 1.82) is 0 Å². The predicted octanol–water partition coefficient (Wildman–Crippen LogP) is 2.22. The van der Waals surface area contributed by atoms with E-state index in [4.69, 9.17) is 0 Å². The van der Waals surface area contributed by atoms with E-state index >= 15 is 0 Å². The third kappa shape index (κ3) is 5.43. The number of hydrogen-bond donors (Lipinski definition) is 1. The number of likely N-dealkylation sites (tertiary alicyclic amines) is 1. The molecule has 1 amide bonds. The number of carbonyl (C=O) groups excluding carboxylic acids is 1. The maximum absolute atomic E-state index is 11.7. The SMILES string of the molecule is O=C(Cc1ccccc1)NCCCN1CCCCC1. The summed E-state index contributed by atoms with van der Waals surface area (Å²) in [6.07, 6.45) is 5.59. The van der Waals surface area contributed by atoms with Gasteiger partial charge in [0.1, 0.15) is 0 Å². The van der Waals surface area contributed by atoms with E-state index in [2.05, 4.69) is 10.2 Å². The van der Waals surface area contributed by atoms with E-state index in [-0.39, 0.29) is 5.91 Å². The van der Waals surface area contributed by atoms with Gasteiger partial charge in [0.05, 0.1) is 6.42 Å². The standard InChI is InChI=1S/C16H24N2O/c19-16(14-15-8-3-1-4-9-15)17-10-7-13-18-11-5-2-6-12-18/h1,3-4,8-9H,2,5-7,10-14H2,(H,17,19). The highest BCUT2D eigenvalue weighted by atomic mass is 16.1. The van der Waals surface area contributed by atoms with Crippen LogP contribution in [0.1, 0.15) is 31.2 Å². The molecule has 1 heterocycles. The highest BCUT2D eigenvalue weighted by molar-refractivity contribution is 5.78. The van der Waals surface area contributed by atoms with Crippen LogP contribution in [0.4, 0.5) is 0 Å². The van der Waals surface area contributed by atoms with Crippen LogP contribution in [-0.2, 0) is 11.2 Å². The average molecular weight is 260 g/mol. The van der Waals surface area contributed by atoms with E-state index in [0.29, 0.717) is 6.42 Å². The Labute approximate surface area is 116 Å². The average Bonchev–Trinajstić information content (AvgIpc) is 2.46. The van der Waals surface area contributed by atoms with Gasteiger partial charge in [0.15, 0.2) is 0 Å². The van der Waals surface area contributed by atoms with Crippen molar-refractivity contribution in [3.63, 3.8) is 0 Å². The summed E-state index contributed by atoms with van der Waals surface area (Å²) < 4.78 is 0. The van der Waals surface area contributed by atoms with Gasteiger partial charge in [-0.2, -0.15) is 0 Å². The van der Waals surface area contributed by atoms with Crippen LogP contribution in [-0.4, -0.2) is 37.0 Å². The van der Waals surface area contributed by atoms with Crippen molar-refractivity contribution in [3.05, 3.63) is 35.9 Å². The Hall–Kier alpha value is -1.35. The summed E-state index contributed by atoms with van der Waals surface area (Å²) in [4.78, 5) is 14.2. The Morgan fingerprint density at radius 3 is 2.58 bits per heavy atom. The van der Waals surface area contributed by atoms with Crippen molar-refractivity contribution in [2.45, 2.75) is 32.1 Å². The number of rotatable bonds is 6. The summed E-state index contributed by atoms with van der Waals surface area (Å²) in [5, 5.41) is 3.01. The second-order valence-electron chi connectivity index (χ2n) is 5.27. The first-order valence-electron chi connectivity index (χ1n) is 7.37. The van der Waals surface area contributed by atoms with Gasteiger partial charge in [-0.1, -0.05) is 36.8 Å². The summed E-state index contributed by atoms with van der Waals surface area (Å²) in [6.45, 7) is 4.38. The molecule has 0 aromatic heterocycles. The van der Waals surface area contributed by atoms with Crippen LogP contribution in [0.2, 0.25) is 0 Å². The molecule has 2 rings (SSSR count). The Balaban J connectivity index is 1.56. The van der Waals surface area contributed by atoms with Gasteiger partial charge in [-0.3, -0.25) is 4.79 Å². The van der Waals surface area contributed by atoms with Crippen molar-refractivity contribution in [2.75, 3.05) is 26.2 Å². The Morgan fingerprint density at radius 2 is 1.84 bits per heavy atom. The summed E-state index contributed by atoms with van der Waals surface area (Å²) in [5.74, 6) is 0.129. The van der Waals surface area contributed by atoms with Gasteiger partial charge in [0.2, 0.25) is 5.91 Å². The van der Waals surface area contributed by atoms with E-state index < -0.39 is 0 Å². The fraction of sp³-hybridized carbons (Fsp3) is 0.562. The van der Waals surface area contributed by atoms with E-state index in [9.17, 15) is 4.79 Å². The molecule has 0 unspecified atom stereocenters. The normalized spacial score (nSPS) is 16.2. The number of nitrogens with one attached hydrogen (secondary N) is 1. The Bertz CT molecular complexity index is 372. The zero-order valence-electron chi connectivity index (χ0n) is 11.6. The number of nitrogens with zero attached hydrogens (tertiary/aromatic N) is 1. The topological polar surface area (TPSA) is 32.3 Å². The molecule has 19 heavy (non-hydrogen) atoms. The molecule has 1 aliphatic heterocycles. The molecule has 0 spiro atoms. The highest BCUT2D eigenvalue weighted by Crippen LogP contribution is 2.08. The maximum atomic E-state index is 11.7. The van der Waals surface area contributed by atoms with Crippen molar-refractivity contribution in [3.8, 4) is 0 Å². The summed E-state index contributed by atoms with van der Waals surface area (Å²) in [6, 6.07) is 9.90. The van der Waals surface area contributed by atoms with Crippen molar-refractivity contribution in [2.24, 2.45) is 0 Å². The van der Waals surface area contributed by atoms with Crippen LogP contribution in [0.3, 0.4) is 0 Å². The molecule has 0 aliphatic carbocycles. The van der Waals surface area contributed by atoms with Gasteiger partial charge in [-0.05, 0) is 44.5 Å². The minimum Gasteiger partial charge on any atom is -0.356 e. The Kier molecular flexibility index (Phi) is 5.89. The molecule has 0 saturated carbocycles. The lowest BCUT2D eigenvalue weighted by molar-refractivity contribution is -0.120. The fourth-order valence-electron chi connectivity index (χ4n) is 2.56. The second kappa shape index (κ2) is 7.95. The van der Waals surface area contributed by atoms with Crippen molar-refractivity contribution < 1.29 is 4.79 Å². The molecule has 0 radical (unpaired) electrons. The van der Waals surface area contributed by atoms with Gasteiger partial charge < -0.3 is 10.2 Å². The zero-order valence-corrected chi connectivity index (χ0v) is 11.6.